The standard InChI is InChI=1S/C4H5N3OS/c5-4(9)2-1-3(8)7-6-2/h1H,(H2,5,9)(H2,6,7,8). The monoisotopic (exact) mass is 143 g/mol. The van der Waals surface area contributed by atoms with Gasteiger partial charge in [0.15, 0.2) is 0 Å². The fourth-order valence-electron chi connectivity index (χ4n) is 0.438. The molecule has 1 rings (SSSR count). The van der Waals surface area contributed by atoms with Crippen molar-refractivity contribution in [2.24, 2.45) is 5.73 Å². The largest absolute Gasteiger partial charge is 0.494 e. The summed E-state index contributed by atoms with van der Waals surface area (Å²) in [6, 6.07) is 1.36. The summed E-state index contributed by atoms with van der Waals surface area (Å²) in [6.45, 7) is 0. The summed E-state index contributed by atoms with van der Waals surface area (Å²) in [4.78, 5) is 0.173. The van der Waals surface area contributed by atoms with E-state index in [2.05, 4.69) is 22.4 Å². The molecule has 0 aliphatic rings. The molecule has 4 nitrogen and oxygen atoms in total. The van der Waals surface area contributed by atoms with Crippen molar-refractivity contribution in [1.29, 1.82) is 0 Å². The number of nitrogens with one attached hydrogen (secondary N) is 1. The number of rotatable bonds is 1. The maximum absolute atomic E-state index is 8.67. The van der Waals surface area contributed by atoms with Crippen molar-refractivity contribution < 1.29 is 5.11 Å². The van der Waals surface area contributed by atoms with Gasteiger partial charge in [-0.2, -0.15) is 5.10 Å². The van der Waals surface area contributed by atoms with E-state index in [4.69, 9.17) is 10.8 Å². The van der Waals surface area contributed by atoms with Gasteiger partial charge < -0.3 is 10.8 Å². The predicted molar refractivity (Wildman–Crippen MR) is 36.1 cm³/mol. The second-order valence-corrected chi connectivity index (χ2v) is 1.94. The Morgan fingerprint density at radius 1 is 1.89 bits per heavy atom. The van der Waals surface area contributed by atoms with E-state index in [9.17, 15) is 0 Å². The van der Waals surface area contributed by atoms with Crippen molar-refractivity contribution in [2.75, 3.05) is 0 Å². The molecular formula is C4H5N3OS. The first-order valence-electron chi connectivity index (χ1n) is 2.24. The molecule has 1 aromatic rings. The van der Waals surface area contributed by atoms with Gasteiger partial charge in [-0.15, -0.1) is 0 Å². The van der Waals surface area contributed by atoms with Gasteiger partial charge in [0.05, 0.1) is 0 Å². The van der Waals surface area contributed by atoms with Gasteiger partial charge in [0.1, 0.15) is 10.7 Å². The van der Waals surface area contributed by atoms with Crippen LogP contribution < -0.4 is 5.73 Å². The lowest BCUT2D eigenvalue weighted by atomic mass is 10.4. The fourth-order valence-corrected chi connectivity index (χ4v) is 0.542. The lowest BCUT2D eigenvalue weighted by Crippen LogP contribution is -2.09. The third-order valence-electron chi connectivity index (χ3n) is 0.817. The minimum absolute atomic E-state index is 0.0298. The van der Waals surface area contributed by atoms with Crippen LogP contribution in [0, 0.1) is 0 Å². The van der Waals surface area contributed by atoms with Gasteiger partial charge in [0, 0.05) is 6.07 Å². The number of aromatic amines is 1. The molecule has 0 aliphatic carbocycles. The van der Waals surface area contributed by atoms with Crippen LogP contribution in [0.2, 0.25) is 0 Å². The number of nitrogens with zero attached hydrogens (tertiary/aromatic N) is 1. The van der Waals surface area contributed by atoms with Gasteiger partial charge in [0.25, 0.3) is 0 Å². The molecular weight excluding hydrogens is 138 g/mol. The molecule has 0 fully saturated rings. The van der Waals surface area contributed by atoms with Gasteiger partial charge in [0.2, 0.25) is 5.88 Å². The number of aromatic hydroxyl groups is 1. The SMILES string of the molecule is NC(=S)c1cc(O)[nH]n1. The van der Waals surface area contributed by atoms with E-state index in [0.29, 0.717) is 5.69 Å². The zero-order chi connectivity index (χ0) is 6.85. The quantitative estimate of drug-likeness (QED) is 0.474. The van der Waals surface area contributed by atoms with Crippen LogP contribution in [0.4, 0.5) is 0 Å². The van der Waals surface area contributed by atoms with Crippen molar-refractivity contribution in [3.8, 4) is 5.88 Å². The molecule has 1 aromatic heterocycles. The highest BCUT2D eigenvalue weighted by Crippen LogP contribution is 2.03. The summed E-state index contributed by atoms with van der Waals surface area (Å²) in [5.74, 6) is -0.0298. The van der Waals surface area contributed by atoms with Crippen molar-refractivity contribution in [1.82, 2.24) is 10.2 Å². The predicted octanol–water partition coefficient (Wildman–Crippen LogP) is -0.251. The third kappa shape index (κ3) is 1.17. The molecule has 0 aromatic carbocycles. The Kier molecular flexibility index (Phi) is 1.35. The summed E-state index contributed by atoms with van der Waals surface area (Å²) < 4.78 is 0. The maximum Gasteiger partial charge on any atom is 0.207 e. The smallest absolute Gasteiger partial charge is 0.207 e. The van der Waals surface area contributed by atoms with E-state index in [-0.39, 0.29) is 10.9 Å². The van der Waals surface area contributed by atoms with Crippen LogP contribution in [0.3, 0.4) is 0 Å². The molecule has 5 heteroatoms. The van der Waals surface area contributed by atoms with E-state index in [1.54, 1.807) is 0 Å². The average molecular weight is 143 g/mol. The molecule has 1 heterocycles. The fraction of sp³-hybridized carbons (Fsp3) is 0. The topological polar surface area (TPSA) is 74.9 Å². The van der Waals surface area contributed by atoms with Crippen LogP contribution in [0.25, 0.3) is 0 Å². The van der Waals surface area contributed by atoms with Crippen molar-refractivity contribution in [2.45, 2.75) is 0 Å². The number of aromatic nitrogens is 2. The molecule has 0 spiro atoms. The minimum atomic E-state index is -0.0298. The van der Waals surface area contributed by atoms with E-state index in [0.717, 1.165) is 0 Å². The van der Waals surface area contributed by atoms with Gasteiger partial charge >= 0.3 is 0 Å². The molecule has 0 unspecified atom stereocenters. The summed E-state index contributed by atoms with van der Waals surface area (Å²) in [5.41, 5.74) is 5.57. The molecule has 4 N–H and O–H groups in total. The van der Waals surface area contributed by atoms with E-state index in [1.807, 2.05) is 0 Å². The van der Waals surface area contributed by atoms with Crippen molar-refractivity contribution >= 4 is 17.2 Å². The normalized spacial score (nSPS) is 9.33. The Morgan fingerprint density at radius 2 is 2.56 bits per heavy atom. The van der Waals surface area contributed by atoms with Gasteiger partial charge in [-0.3, -0.25) is 0 Å². The Balaban J connectivity index is 2.98. The lowest BCUT2D eigenvalue weighted by molar-refractivity contribution is 0.452. The van der Waals surface area contributed by atoms with Crippen LogP contribution >= 0.6 is 12.2 Å². The van der Waals surface area contributed by atoms with E-state index >= 15 is 0 Å². The van der Waals surface area contributed by atoms with E-state index < -0.39 is 0 Å². The zero-order valence-electron chi connectivity index (χ0n) is 4.46. The highest BCUT2D eigenvalue weighted by molar-refractivity contribution is 7.80. The molecule has 0 saturated carbocycles. The van der Waals surface area contributed by atoms with Crippen LogP contribution in [-0.4, -0.2) is 20.3 Å². The molecule has 0 aliphatic heterocycles. The lowest BCUT2D eigenvalue weighted by Gasteiger charge is -1.82. The Bertz CT molecular complexity index is 231. The van der Waals surface area contributed by atoms with Gasteiger partial charge in [-0.05, 0) is 0 Å². The number of hydrogen-bond donors (Lipinski definition) is 3. The molecule has 0 bridgehead atoms. The van der Waals surface area contributed by atoms with Crippen molar-refractivity contribution in [3.05, 3.63) is 11.8 Å². The Morgan fingerprint density at radius 3 is 2.78 bits per heavy atom. The molecule has 0 saturated heterocycles. The Labute approximate surface area is 56.7 Å². The molecule has 0 atom stereocenters. The minimum Gasteiger partial charge on any atom is -0.494 e. The van der Waals surface area contributed by atoms with Gasteiger partial charge in [-0.25, -0.2) is 5.10 Å². The third-order valence-corrected chi connectivity index (χ3v) is 1.03. The summed E-state index contributed by atoms with van der Waals surface area (Å²) in [6.07, 6.45) is 0. The molecule has 9 heavy (non-hydrogen) atoms. The van der Waals surface area contributed by atoms with Crippen LogP contribution in [0.5, 0.6) is 5.88 Å². The first kappa shape index (κ1) is 6.03. The number of thiocarbonyl (C=S) groups is 1. The molecule has 0 radical (unpaired) electrons. The number of H-pyrrole nitrogens is 1. The number of hydrogen-bond acceptors (Lipinski definition) is 3. The molecule has 0 amide bonds. The second kappa shape index (κ2) is 2.02. The summed E-state index contributed by atoms with van der Waals surface area (Å²) in [7, 11) is 0. The summed E-state index contributed by atoms with van der Waals surface area (Å²) >= 11 is 4.56. The molecule has 48 valence electrons. The van der Waals surface area contributed by atoms with Crippen LogP contribution in [0.15, 0.2) is 6.07 Å². The highest BCUT2D eigenvalue weighted by atomic mass is 32.1. The second-order valence-electron chi connectivity index (χ2n) is 1.50. The maximum atomic E-state index is 8.67. The van der Waals surface area contributed by atoms with Crippen molar-refractivity contribution in [3.63, 3.8) is 0 Å². The Hall–Kier alpha value is -1.10. The average Bonchev–Trinajstić information content (AvgIpc) is 2.14. The highest BCUT2D eigenvalue weighted by Gasteiger charge is 1.99. The first-order valence-corrected chi connectivity index (χ1v) is 2.65. The first-order chi connectivity index (χ1) is 4.20. The zero-order valence-corrected chi connectivity index (χ0v) is 5.27. The summed E-state index contributed by atoms with van der Waals surface area (Å²) in [5, 5.41) is 14.5. The van der Waals surface area contributed by atoms with E-state index in [1.165, 1.54) is 6.07 Å². The van der Waals surface area contributed by atoms with Crippen LogP contribution in [-0.2, 0) is 0 Å². The number of nitrogens with two attached hydrogens (primary N) is 1. The van der Waals surface area contributed by atoms with Crippen LogP contribution in [0.1, 0.15) is 5.69 Å². The van der Waals surface area contributed by atoms with Gasteiger partial charge in [-0.1, -0.05) is 12.2 Å².